The predicted molar refractivity (Wildman–Crippen MR) is 70.8 cm³/mol. The van der Waals surface area contributed by atoms with Crippen LogP contribution in [0.1, 0.15) is 4.88 Å². The van der Waals surface area contributed by atoms with Crippen LogP contribution in [-0.2, 0) is 6.54 Å². The molecule has 0 radical (unpaired) electrons. The summed E-state index contributed by atoms with van der Waals surface area (Å²) in [6.07, 6.45) is 0. The number of rotatable bonds is 5. The first-order valence-corrected chi connectivity index (χ1v) is 6.40. The topological polar surface area (TPSA) is 29.3 Å². The van der Waals surface area contributed by atoms with E-state index in [0.717, 1.165) is 18.8 Å². The first kappa shape index (κ1) is 12.1. The Labute approximate surface area is 104 Å². The molecular formula is C13H15FN2S. The van der Waals surface area contributed by atoms with Gasteiger partial charge < -0.3 is 10.6 Å². The van der Waals surface area contributed by atoms with Crippen LogP contribution in [0.2, 0.25) is 0 Å². The second-order valence-electron chi connectivity index (χ2n) is 3.77. The highest BCUT2D eigenvalue weighted by atomic mass is 32.1. The summed E-state index contributed by atoms with van der Waals surface area (Å²) in [5.41, 5.74) is 6.48. The first-order chi connectivity index (χ1) is 8.29. The lowest BCUT2D eigenvalue weighted by atomic mass is 10.2. The highest BCUT2D eigenvalue weighted by molar-refractivity contribution is 7.09. The molecule has 0 bridgehead atoms. The highest BCUT2D eigenvalue weighted by Gasteiger charge is 2.07. The summed E-state index contributed by atoms with van der Waals surface area (Å²) in [6, 6.07) is 10.7. The van der Waals surface area contributed by atoms with E-state index in [2.05, 4.69) is 11.0 Å². The zero-order chi connectivity index (χ0) is 12.1. The van der Waals surface area contributed by atoms with Gasteiger partial charge in [-0.2, -0.15) is 0 Å². The number of nitrogens with zero attached hydrogens (tertiary/aromatic N) is 1. The molecule has 90 valence electrons. The molecule has 0 aliphatic heterocycles. The van der Waals surface area contributed by atoms with E-state index in [1.807, 2.05) is 17.5 Å². The molecule has 1 aromatic carbocycles. The van der Waals surface area contributed by atoms with Crippen LogP contribution in [0.15, 0.2) is 41.8 Å². The van der Waals surface area contributed by atoms with E-state index in [1.165, 1.54) is 10.9 Å². The third-order valence-corrected chi connectivity index (χ3v) is 3.36. The van der Waals surface area contributed by atoms with Gasteiger partial charge in [0.2, 0.25) is 0 Å². The highest BCUT2D eigenvalue weighted by Crippen LogP contribution is 2.19. The maximum atomic E-state index is 13.2. The quantitative estimate of drug-likeness (QED) is 0.884. The van der Waals surface area contributed by atoms with Gasteiger partial charge in [0.15, 0.2) is 0 Å². The van der Waals surface area contributed by atoms with E-state index < -0.39 is 0 Å². The Morgan fingerprint density at radius 1 is 1.24 bits per heavy atom. The summed E-state index contributed by atoms with van der Waals surface area (Å²) in [6.45, 7) is 2.06. The van der Waals surface area contributed by atoms with Gasteiger partial charge in [-0.25, -0.2) is 4.39 Å². The van der Waals surface area contributed by atoms with Crippen molar-refractivity contribution in [2.45, 2.75) is 6.54 Å². The van der Waals surface area contributed by atoms with Crippen molar-refractivity contribution in [3.05, 3.63) is 52.5 Å². The molecule has 2 nitrogen and oxygen atoms in total. The van der Waals surface area contributed by atoms with Crippen LogP contribution in [0, 0.1) is 5.82 Å². The van der Waals surface area contributed by atoms with Crippen LogP contribution in [-0.4, -0.2) is 13.1 Å². The fraction of sp³-hybridized carbons (Fsp3) is 0.231. The molecular weight excluding hydrogens is 235 g/mol. The second-order valence-corrected chi connectivity index (χ2v) is 4.80. The summed E-state index contributed by atoms with van der Waals surface area (Å²) >= 11 is 1.70. The average Bonchev–Trinajstić information content (AvgIpc) is 2.81. The summed E-state index contributed by atoms with van der Waals surface area (Å²) < 4.78 is 13.2. The maximum absolute atomic E-state index is 13.2. The normalized spacial score (nSPS) is 10.5. The summed E-state index contributed by atoms with van der Waals surface area (Å²) in [7, 11) is 0. The fourth-order valence-corrected chi connectivity index (χ4v) is 2.44. The lowest BCUT2D eigenvalue weighted by Crippen LogP contribution is -2.28. The third-order valence-electron chi connectivity index (χ3n) is 2.50. The minimum Gasteiger partial charge on any atom is -0.365 e. The number of benzene rings is 1. The number of anilines is 1. The number of hydrogen-bond acceptors (Lipinski definition) is 3. The van der Waals surface area contributed by atoms with Crippen LogP contribution >= 0.6 is 11.3 Å². The van der Waals surface area contributed by atoms with Crippen molar-refractivity contribution in [1.29, 1.82) is 0 Å². The van der Waals surface area contributed by atoms with Crippen LogP contribution in [0.3, 0.4) is 0 Å². The molecule has 0 amide bonds. The van der Waals surface area contributed by atoms with E-state index in [1.54, 1.807) is 23.5 Å². The molecule has 0 fully saturated rings. The maximum Gasteiger partial charge on any atom is 0.125 e. The smallest absolute Gasteiger partial charge is 0.125 e. The molecule has 0 aliphatic carbocycles. The Kier molecular flexibility index (Phi) is 4.12. The monoisotopic (exact) mass is 250 g/mol. The Morgan fingerprint density at radius 2 is 2.12 bits per heavy atom. The second kappa shape index (κ2) is 5.80. The minimum atomic E-state index is -0.212. The van der Waals surface area contributed by atoms with Crippen LogP contribution in [0.25, 0.3) is 0 Å². The van der Waals surface area contributed by atoms with Gasteiger partial charge >= 0.3 is 0 Å². The van der Waals surface area contributed by atoms with Crippen molar-refractivity contribution in [2.24, 2.45) is 5.73 Å². The van der Waals surface area contributed by atoms with Crippen molar-refractivity contribution in [3.63, 3.8) is 0 Å². The van der Waals surface area contributed by atoms with Crippen molar-refractivity contribution in [1.82, 2.24) is 0 Å². The van der Waals surface area contributed by atoms with E-state index in [0.29, 0.717) is 6.54 Å². The van der Waals surface area contributed by atoms with E-state index in [4.69, 9.17) is 5.73 Å². The number of halogens is 1. The van der Waals surface area contributed by atoms with Crippen molar-refractivity contribution < 1.29 is 4.39 Å². The van der Waals surface area contributed by atoms with Gasteiger partial charge in [0.05, 0.1) is 6.54 Å². The van der Waals surface area contributed by atoms with Gasteiger partial charge in [-0.05, 0) is 29.6 Å². The fourth-order valence-electron chi connectivity index (χ4n) is 1.72. The van der Waals surface area contributed by atoms with Gasteiger partial charge in [0.1, 0.15) is 5.82 Å². The van der Waals surface area contributed by atoms with Crippen LogP contribution in [0.4, 0.5) is 10.1 Å². The lowest BCUT2D eigenvalue weighted by molar-refractivity contribution is 0.626. The summed E-state index contributed by atoms with van der Waals surface area (Å²) in [5, 5.41) is 2.04. The van der Waals surface area contributed by atoms with Gasteiger partial charge in [-0.3, -0.25) is 0 Å². The molecule has 0 atom stereocenters. The molecule has 2 aromatic rings. The Balaban J connectivity index is 2.16. The third kappa shape index (κ3) is 3.28. The Morgan fingerprint density at radius 3 is 2.76 bits per heavy atom. The van der Waals surface area contributed by atoms with E-state index in [-0.39, 0.29) is 5.82 Å². The summed E-state index contributed by atoms with van der Waals surface area (Å²) in [5.74, 6) is -0.212. The molecule has 1 aromatic heterocycles. The summed E-state index contributed by atoms with van der Waals surface area (Å²) in [4.78, 5) is 3.34. The molecule has 2 rings (SSSR count). The Bertz CT molecular complexity index is 456. The zero-order valence-corrected chi connectivity index (χ0v) is 10.3. The molecule has 0 unspecified atom stereocenters. The molecule has 0 saturated heterocycles. The average molecular weight is 250 g/mol. The van der Waals surface area contributed by atoms with Crippen LogP contribution in [0.5, 0.6) is 0 Å². The molecule has 17 heavy (non-hydrogen) atoms. The molecule has 0 aliphatic rings. The van der Waals surface area contributed by atoms with Gasteiger partial charge in [0, 0.05) is 23.7 Å². The molecule has 1 heterocycles. The van der Waals surface area contributed by atoms with Crippen molar-refractivity contribution in [3.8, 4) is 0 Å². The number of hydrogen-bond donors (Lipinski definition) is 1. The predicted octanol–water partition coefficient (Wildman–Crippen LogP) is 2.85. The van der Waals surface area contributed by atoms with Gasteiger partial charge in [-0.15, -0.1) is 11.3 Å². The largest absolute Gasteiger partial charge is 0.365 e. The standard InChI is InChI=1S/C13H15FN2S/c14-11-3-1-4-12(9-11)16(7-6-15)10-13-5-2-8-17-13/h1-5,8-9H,6-7,10,15H2. The Hall–Kier alpha value is -1.39. The lowest BCUT2D eigenvalue weighted by Gasteiger charge is -2.23. The molecule has 2 N–H and O–H groups in total. The first-order valence-electron chi connectivity index (χ1n) is 5.52. The van der Waals surface area contributed by atoms with E-state index >= 15 is 0 Å². The number of nitrogens with two attached hydrogens (primary N) is 1. The van der Waals surface area contributed by atoms with Gasteiger partial charge in [0.25, 0.3) is 0 Å². The molecule has 0 saturated carbocycles. The van der Waals surface area contributed by atoms with Crippen molar-refractivity contribution >= 4 is 17.0 Å². The van der Waals surface area contributed by atoms with Crippen LogP contribution < -0.4 is 10.6 Å². The molecule has 0 spiro atoms. The van der Waals surface area contributed by atoms with Gasteiger partial charge in [-0.1, -0.05) is 12.1 Å². The SMILES string of the molecule is NCCN(Cc1cccs1)c1cccc(F)c1. The van der Waals surface area contributed by atoms with Crippen molar-refractivity contribution in [2.75, 3.05) is 18.0 Å². The molecule has 4 heteroatoms. The number of thiophene rings is 1. The zero-order valence-electron chi connectivity index (χ0n) is 9.47. The minimum absolute atomic E-state index is 0.212. The van der Waals surface area contributed by atoms with E-state index in [9.17, 15) is 4.39 Å².